The SMILES string of the molecule is CN(C)c1ccc(N=Nc2n(CCCC[NH3+])cc[n+]2C)cc1. The number of hydrogen-bond donors (Lipinski definition) is 1. The van der Waals surface area contributed by atoms with Crippen molar-refractivity contribution in [2.75, 3.05) is 25.5 Å². The summed E-state index contributed by atoms with van der Waals surface area (Å²) in [6, 6.07) is 8.05. The summed E-state index contributed by atoms with van der Waals surface area (Å²) in [5.41, 5.74) is 5.89. The summed E-state index contributed by atoms with van der Waals surface area (Å²) >= 11 is 0. The van der Waals surface area contributed by atoms with Gasteiger partial charge in [-0.1, -0.05) is 5.11 Å². The van der Waals surface area contributed by atoms with Crippen LogP contribution in [0.5, 0.6) is 0 Å². The number of aromatic nitrogens is 2. The fourth-order valence-electron chi connectivity index (χ4n) is 2.20. The normalized spacial score (nSPS) is 11.3. The van der Waals surface area contributed by atoms with Gasteiger partial charge < -0.3 is 10.6 Å². The van der Waals surface area contributed by atoms with Crippen LogP contribution in [0.4, 0.5) is 17.3 Å². The van der Waals surface area contributed by atoms with Crippen molar-refractivity contribution in [3.8, 4) is 0 Å². The highest BCUT2D eigenvalue weighted by atomic mass is 15.3. The van der Waals surface area contributed by atoms with Gasteiger partial charge in [-0.15, -0.1) is 0 Å². The van der Waals surface area contributed by atoms with E-state index in [1.165, 1.54) is 0 Å². The Labute approximate surface area is 131 Å². The standard InChI is InChI=1S/C16H25N6/c1-20(2)15-8-6-14(7-9-15)18-19-16-21(3)12-13-22(16)11-5-4-10-17/h6-9,12-13H,4-5,10-11,17H2,1-3H3/q+1/p+1. The highest BCUT2D eigenvalue weighted by Crippen LogP contribution is 2.20. The number of hydrogen-bond acceptors (Lipinski definition) is 3. The minimum Gasteiger partial charge on any atom is -0.378 e. The molecule has 0 saturated heterocycles. The highest BCUT2D eigenvalue weighted by molar-refractivity contribution is 5.51. The summed E-state index contributed by atoms with van der Waals surface area (Å²) in [4.78, 5) is 2.06. The van der Waals surface area contributed by atoms with Gasteiger partial charge >= 0.3 is 5.95 Å². The number of azo groups is 1. The lowest BCUT2D eigenvalue weighted by atomic mass is 10.3. The fraction of sp³-hybridized carbons (Fsp3) is 0.438. The summed E-state index contributed by atoms with van der Waals surface area (Å²) in [7, 11) is 6.03. The van der Waals surface area contributed by atoms with Crippen LogP contribution in [0, 0.1) is 0 Å². The van der Waals surface area contributed by atoms with Crippen LogP contribution in [-0.4, -0.2) is 25.2 Å². The molecule has 0 bridgehead atoms. The molecule has 0 fully saturated rings. The molecule has 2 aromatic rings. The Kier molecular flexibility index (Phi) is 5.66. The Balaban J connectivity index is 2.10. The van der Waals surface area contributed by atoms with Crippen molar-refractivity contribution in [1.82, 2.24) is 4.57 Å². The van der Waals surface area contributed by atoms with Gasteiger partial charge in [0.2, 0.25) is 0 Å². The molecule has 1 heterocycles. The van der Waals surface area contributed by atoms with E-state index in [1.54, 1.807) is 0 Å². The van der Waals surface area contributed by atoms with E-state index in [1.807, 2.05) is 62.4 Å². The molecule has 1 aromatic heterocycles. The van der Waals surface area contributed by atoms with Gasteiger partial charge in [0.25, 0.3) is 0 Å². The van der Waals surface area contributed by atoms with E-state index in [9.17, 15) is 0 Å². The first-order valence-corrected chi connectivity index (χ1v) is 7.65. The third kappa shape index (κ3) is 4.14. The zero-order valence-electron chi connectivity index (χ0n) is 13.7. The molecule has 0 spiro atoms. The van der Waals surface area contributed by atoms with Crippen LogP contribution >= 0.6 is 0 Å². The Hall–Kier alpha value is -2.21. The van der Waals surface area contributed by atoms with Crippen molar-refractivity contribution >= 4 is 17.3 Å². The molecule has 2 rings (SSSR count). The second-order valence-electron chi connectivity index (χ2n) is 5.57. The van der Waals surface area contributed by atoms with Crippen molar-refractivity contribution in [1.29, 1.82) is 0 Å². The van der Waals surface area contributed by atoms with Crippen LogP contribution in [0.3, 0.4) is 0 Å². The third-order valence-electron chi connectivity index (χ3n) is 3.56. The summed E-state index contributed by atoms with van der Waals surface area (Å²) in [5.74, 6) is 0.862. The Morgan fingerprint density at radius 3 is 2.50 bits per heavy atom. The number of nitrogens with zero attached hydrogens (tertiary/aromatic N) is 5. The van der Waals surface area contributed by atoms with Gasteiger partial charge in [-0.05, 0) is 37.1 Å². The summed E-state index contributed by atoms with van der Waals surface area (Å²) in [5, 5.41) is 8.76. The number of anilines is 1. The molecular weight excluding hydrogens is 276 g/mol. The van der Waals surface area contributed by atoms with Gasteiger partial charge in [0.15, 0.2) is 0 Å². The summed E-state index contributed by atoms with van der Waals surface area (Å²) in [6.45, 7) is 1.92. The summed E-state index contributed by atoms with van der Waals surface area (Å²) < 4.78 is 4.12. The number of quaternary nitrogens is 1. The quantitative estimate of drug-likeness (QED) is 0.473. The van der Waals surface area contributed by atoms with E-state index in [-0.39, 0.29) is 0 Å². The number of rotatable bonds is 7. The smallest absolute Gasteiger partial charge is 0.378 e. The minimum absolute atomic E-state index is 0.858. The molecule has 0 radical (unpaired) electrons. The Morgan fingerprint density at radius 1 is 1.14 bits per heavy atom. The van der Waals surface area contributed by atoms with Crippen molar-refractivity contribution in [2.45, 2.75) is 19.4 Å². The summed E-state index contributed by atoms with van der Waals surface area (Å²) in [6.07, 6.45) is 6.29. The fourth-order valence-corrected chi connectivity index (χ4v) is 2.20. The maximum absolute atomic E-state index is 4.41. The van der Waals surface area contributed by atoms with Crippen LogP contribution in [-0.2, 0) is 13.6 Å². The monoisotopic (exact) mass is 302 g/mol. The molecule has 6 nitrogen and oxygen atoms in total. The van der Waals surface area contributed by atoms with Crippen molar-refractivity contribution in [3.05, 3.63) is 36.7 Å². The van der Waals surface area contributed by atoms with E-state index < -0.39 is 0 Å². The van der Waals surface area contributed by atoms with Crippen molar-refractivity contribution in [3.63, 3.8) is 0 Å². The molecule has 1 aromatic carbocycles. The van der Waals surface area contributed by atoms with E-state index in [0.29, 0.717) is 0 Å². The van der Waals surface area contributed by atoms with E-state index in [2.05, 4.69) is 25.4 Å². The van der Waals surface area contributed by atoms with Gasteiger partial charge in [-0.25, -0.2) is 9.13 Å². The maximum Gasteiger partial charge on any atom is 0.421 e. The topological polar surface area (TPSA) is 64.4 Å². The number of aryl methyl sites for hydroxylation is 2. The first kappa shape index (κ1) is 16.2. The molecule has 0 amide bonds. The molecule has 0 aliphatic rings. The van der Waals surface area contributed by atoms with Gasteiger partial charge in [0.05, 0.1) is 32.5 Å². The maximum atomic E-state index is 4.41. The Bertz CT molecular complexity index is 612. The number of benzene rings is 1. The van der Waals surface area contributed by atoms with Crippen molar-refractivity contribution < 1.29 is 10.3 Å². The highest BCUT2D eigenvalue weighted by Gasteiger charge is 2.13. The average Bonchev–Trinajstić information content (AvgIpc) is 2.86. The average molecular weight is 302 g/mol. The van der Waals surface area contributed by atoms with E-state index >= 15 is 0 Å². The molecule has 118 valence electrons. The number of imidazole rings is 1. The first-order chi connectivity index (χ1) is 10.6. The molecular formula is C16H26N6+2. The molecule has 0 unspecified atom stereocenters. The van der Waals surface area contributed by atoms with E-state index in [0.717, 1.165) is 43.3 Å². The molecule has 6 heteroatoms. The molecule has 0 saturated carbocycles. The van der Waals surface area contributed by atoms with Crippen LogP contribution in [0.2, 0.25) is 0 Å². The molecule has 3 N–H and O–H groups in total. The zero-order valence-corrected chi connectivity index (χ0v) is 13.7. The predicted octanol–water partition coefficient (Wildman–Crippen LogP) is 1.82. The lowest BCUT2D eigenvalue weighted by molar-refractivity contribution is -0.657. The lowest BCUT2D eigenvalue weighted by Gasteiger charge is -2.11. The largest absolute Gasteiger partial charge is 0.421 e. The van der Waals surface area contributed by atoms with Crippen LogP contribution in [0.25, 0.3) is 0 Å². The zero-order chi connectivity index (χ0) is 15.9. The lowest BCUT2D eigenvalue weighted by Crippen LogP contribution is -2.50. The molecule has 0 atom stereocenters. The third-order valence-corrected chi connectivity index (χ3v) is 3.56. The predicted molar refractivity (Wildman–Crippen MR) is 87.5 cm³/mol. The second kappa shape index (κ2) is 7.70. The van der Waals surface area contributed by atoms with E-state index in [4.69, 9.17) is 0 Å². The van der Waals surface area contributed by atoms with Gasteiger partial charge in [-0.2, -0.15) is 0 Å². The number of unbranched alkanes of at least 4 members (excludes halogenated alkanes) is 1. The molecule has 0 aliphatic carbocycles. The Morgan fingerprint density at radius 2 is 1.86 bits per heavy atom. The van der Waals surface area contributed by atoms with Crippen LogP contribution < -0.4 is 15.2 Å². The second-order valence-corrected chi connectivity index (χ2v) is 5.57. The van der Waals surface area contributed by atoms with Crippen molar-refractivity contribution in [2.24, 2.45) is 17.3 Å². The first-order valence-electron chi connectivity index (χ1n) is 7.65. The van der Waals surface area contributed by atoms with Crippen LogP contribution in [0.1, 0.15) is 12.8 Å². The molecule has 0 aliphatic heterocycles. The van der Waals surface area contributed by atoms with Gasteiger partial charge in [0, 0.05) is 24.9 Å². The van der Waals surface area contributed by atoms with Gasteiger partial charge in [0.1, 0.15) is 5.69 Å². The van der Waals surface area contributed by atoms with Crippen LogP contribution in [0.15, 0.2) is 46.9 Å². The van der Waals surface area contributed by atoms with Gasteiger partial charge in [-0.3, -0.25) is 0 Å². The molecule has 22 heavy (non-hydrogen) atoms. The minimum atomic E-state index is 0.858.